The fourth-order valence-electron chi connectivity index (χ4n) is 0.664. The number of rotatable bonds is 4. The Balaban J connectivity index is 2.20. The second-order valence-electron chi connectivity index (χ2n) is 1.93. The van der Waals surface area contributed by atoms with Crippen molar-refractivity contribution < 1.29 is 9.53 Å². The first kappa shape index (κ1) is 6.71. The molecule has 3 nitrogen and oxygen atoms in total. The lowest BCUT2D eigenvalue weighted by Gasteiger charge is -2.08. The van der Waals surface area contributed by atoms with Crippen molar-refractivity contribution in [2.45, 2.75) is 6.23 Å². The predicted octanol–water partition coefficient (Wildman–Crippen LogP) is -0.322. The maximum absolute atomic E-state index is 10.2. The lowest BCUT2D eigenvalue weighted by molar-refractivity contribution is -0.123. The van der Waals surface area contributed by atoms with Gasteiger partial charge in [0.1, 0.15) is 0 Å². The average Bonchev–Trinajstić information content (AvgIpc) is 2.64. The van der Waals surface area contributed by atoms with Crippen LogP contribution in [0.4, 0.5) is 0 Å². The average molecular weight is 128 g/mol. The Hall–Kier alpha value is -0.410. The topological polar surface area (TPSA) is 29.3 Å². The van der Waals surface area contributed by atoms with Gasteiger partial charge >= 0.3 is 0 Å². The summed E-state index contributed by atoms with van der Waals surface area (Å²) in [5.74, 6) is 0. The van der Waals surface area contributed by atoms with E-state index in [2.05, 4.69) is 6.92 Å². The molecule has 1 aliphatic heterocycles. The summed E-state index contributed by atoms with van der Waals surface area (Å²) in [7, 11) is 0. The lowest BCUT2D eigenvalue weighted by Crippen LogP contribution is -2.23. The summed E-state index contributed by atoms with van der Waals surface area (Å²) in [5.41, 5.74) is 0. The van der Waals surface area contributed by atoms with Gasteiger partial charge in [0, 0.05) is 19.7 Å². The van der Waals surface area contributed by atoms with Crippen molar-refractivity contribution in [3.05, 3.63) is 6.92 Å². The van der Waals surface area contributed by atoms with Crippen LogP contribution in [0, 0.1) is 6.92 Å². The maximum Gasteiger partial charge on any atom is 0.167 e. The molecule has 3 heteroatoms. The molecule has 1 rings (SSSR count). The van der Waals surface area contributed by atoms with Crippen molar-refractivity contribution >= 4 is 6.29 Å². The van der Waals surface area contributed by atoms with Gasteiger partial charge in [0.15, 0.2) is 12.5 Å². The summed E-state index contributed by atoms with van der Waals surface area (Å²) in [6, 6.07) is 0. The zero-order valence-corrected chi connectivity index (χ0v) is 5.25. The Morgan fingerprint density at radius 3 is 2.78 bits per heavy atom. The van der Waals surface area contributed by atoms with Crippen LogP contribution in [0.25, 0.3) is 0 Å². The van der Waals surface area contributed by atoms with E-state index in [1.165, 1.54) is 0 Å². The van der Waals surface area contributed by atoms with E-state index in [1.807, 2.05) is 4.90 Å². The zero-order chi connectivity index (χ0) is 6.69. The molecule has 9 heavy (non-hydrogen) atoms. The molecule has 0 amide bonds. The first-order chi connectivity index (χ1) is 4.38. The maximum atomic E-state index is 10.2. The van der Waals surface area contributed by atoms with E-state index in [0.717, 1.165) is 19.4 Å². The third-order valence-electron chi connectivity index (χ3n) is 1.25. The largest absolute Gasteiger partial charge is 0.356 e. The van der Waals surface area contributed by atoms with Gasteiger partial charge in [-0.25, -0.2) is 0 Å². The molecule has 1 unspecified atom stereocenters. The number of carbonyl (C=O) groups is 1. The van der Waals surface area contributed by atoms with Crippen LogP contribution in [0.5, 0.6) is 0 Å². The molecule has 0 aromatic carbocycles. The Labute approximate surface area is 54.6 Å². The highest BCUT2D eigenvalue weighted by Gasteiger charge is 2.26. The minimum Gasteiger partial charge on any atom is -0.356 e. The fourth-order valence-corrected chi connectivity index (χ4v) is 0.664. The summed E-state index contributed by atoms with van der Waals surface area (Å²) in [6.45, 7) is 5.79. The minimum atomic E-state index is -0.331. The summed E-state index contributed by atoms with van der Waals surface area (Å²) in [6.07, 6.45) is 0.473. The second-order valence-corrected chi connectivity index (χ2v) is 1.93. The fraction of sp³-hybridized carbons (Fsp3) is 0.667. The summed E-state index contributed by atoms with van der Waals surface area (Å²) in [5, 5.41) is 0. The van der Waals surface area contributed by atoms with Crippen LogP contribution in [-0.2, 0) is 9.53 Å². The Kier molecular flexibility index (Phi) is 2.19. The van der Waals surface area contributed by atoms with Crippen molar-refractivity contribution in [2.24, 2.45) is 0 Å². The molecular weight excluding hydrogens is 118 g/mol. The van der Waals surface area contributed by atoms with E-state index in [-0.39, 0.29) is 6.23 Å². The number of carbonyl (C=O) groups excluding carboxylic acids is 1. The summed E-state index contributed by atoms with van der Waals surface area (Å²) >= 11 is 0. The van der Waals surface area contributed by atoms with Gasteiger partial charge in [0.2, 0.25) is 0 Å². The molecule has 1 aliphatic rings. The highest BCUT2D eigenvalue weighted by atomic mass is 16.5. The van der Waals surface area contributed by atoms with Gasteiger partial charge in [0.05, 0.1) is 0 Å². The van der Waals surface area contributed by atoms with E-state index in [4.69, 9.17) is 4.74 Å². The normalized spacial score (nSPS) is 21.4. The molecule has 1 fully saturated rings. The number of nitrogens with zero attached hydrogens (tertiary/aromatic N) is 1. The monoisotopic (exact) mass is 128 g/mol. The molecule has 0 spiro atoms. The third-order valence-corrected chi connectivity index (χ3v) is 1.25. The van der Waals surface area contributed by atoms with E-state index in [1.54, 1.807) is 0 Å². The van der Waals surface area contributed by atoms with Crippen molar-refractivity contribution in [2.75, 3.05) is 19.7 Å². The van der Waals surface area contributed by atoms with E-state index < -0.39 is 0 Å². The quantitative estimate of drug-likeness (QED) is 0.384. The van der Waals surface area contributed by atoms with Gasteiger partial charge in [0.25, 0.3) is 0 Å². The molecule has 0 aromatic rings. The van der Waals surface area contributed by atoms with E-state index in [0.29, 0.717) is 6.61 Å². The van der Waals surface area contributed by atoms with Gasteiger partial charge in [-0.15, -0.1) is 0 Å². The smallest absolute Gasteiger partial charge is 0.167 e. The Morgan fingerprint density at radius 2 is 2.44 bits per heavy atom. The first-order valence-electron chi connectivity index (χ1n) is 2.98. The van der Waals surface area contributed by atoms with Crippen LogP contribution in [0.1, 0.15) is 0 Å². The number of hydrogen-bond acceptors (Lipinski definition) is 3. The zero-order valence-electron chi connectivity index (χ0n) is 5.25. The summed E-state index contributed by atoms with van der Waals surface area (Å²) < 4.78 is 4.96. The standard InChI is InChI=1S/C6H10NO2/c1-2-9-6(5-8)7-3-4-7/h5-6H,1-4H2. The van der Waals surface area contributed by atoms with Gasteiger partial charge < -0.3 is 4.74 Å². The van der Waals surface area contributed by atoms with Gasteiger partial charge in [-0.2, -0.15) is 0 Å². The molecule has 0 aliphatic carbocycles. The molecule has 1 saturated heterocycles. The third kappa shape index (κ3) is 1.77. The summed E-state index contributed by atoms with van der Waals surface area (Å²) in [4.78, 5) is 12.1. The highest BCUT2D eigenvalue weighted by molar-refractivity contribution is 5.55. The van der Waals surface area contributed by atoms with E-state index >= 15 is 0 Å². The Morgan fingerprint density at radius 1 is 1.78 bits per heavy atom. The molecule has 1 atom stereocenters. The molecule has 0 aromatic heterocycles. The van der Waals surface area contributed by atoms with Gasteiger partial charge in [-0.1, -0.05) is 0 Å². The molecule has 0 bridgehead atoms. The molecule has 0 N–H and O–H groups in total. The Bertz CT molecular complexity index is 101. The van der Waals surface area contributed by atoms with Crippen LogP contribution in [0.3, 0.4) is 0 Å². The molecule has 1 heterocycles. The van der Waals surface area contributed by atoms with Gasteiger partial charge in [-0.05, 0) is 6.92 Å². The molecular formula is C6H10NO2. The SMILES string of the molecule is [CH2]COC(C=O)N1CC1. The van der Waals surface area contributed by atoms with Crippen molar-refractivity contribution in [3.63, 3.8) is 0 Å². The van der Waals surface area contributed by atoms with Crippen LogP contribution >= 0.6 is 0 Å². The number of hydrogen-bond donors (Lipinski definition) is 0. The molecule has 51 valence electrons. The number of ether oxygens (including phenoxy) is 1. The highest BCUT2D eigenvalue weighted by Crippen LogP contribution is 2.08. The van der Waals surface area contributed by atoms with Gasteiger partial charge in [-0.3, -0.25) is 9.69 Å². The number of aldehydes is 1. The predicted molar refractivity (Wildman–Crippen MR) is 32.7 cm³/mol. The lowest BCUT2D eigenvalue weighted by atomic mass is 10.6. The van der Waals surface area contributed by atoms with Crippen LogP contribution in [-0.4, -0.2) is 37.1 Å². The van der Waals surface area contributed by atoms with Crippen LogP contribution < -0.4 is 0 Å². The van der Waals surface area contributed by atoms with Crippen molar-refractivity contribution in [3.8, 4) is 0 Å². The van der Waals surface area contributed by atoms with Crippen LogP contribution in [0.2, 0.25) is 0 Å². The molecule has 0 saturated carbocycles. The van der Waals surface area contributed by atoms with Crippen molar-refractivity contribution in [1.82, 2.24) is 4.90 Å². The van der Waals surface area contributed by atoms with Crippen LogP contribution in [0.15, 0.2) is 0 Å². The first-order valence-corrected chi connectivity index (χ1v) is 2.98. The second kappa shape index (κ2) is 2.94. The molecule has 1 radical (unpaired) electrons. The van der Waals surface area contributed by atoms with Crippen molar-refractivity contribution in [1.29, 1.82) is 0 Å². The van der Waals surface area contributed by atoms with E-state index in [9.17, 15) is 4.79 Å². The minimum absolute atomic E-state index is 0.331.